The van der Waals surface area contributed by atoms with Crippen molar-refractivity contribution in [3.63, 3.8) is 0 Å². The summed E-state index contributed by atoms with van der Waals surface area (Å²) in [5.41, 5.74) is 0.143. The largest absolute Gasteiger partial charge is 0.480 e. The molecule has 1 heterocycles. The van der Waals surface area contributed by atoms with Crippen LogP contribution in [0.15, 0.2) is 0 Å². The highest BCUT2D eigenvalue weighted by atomic mass is 16.4. The fraction of sp³-hybridized carbons (Fsp3) is 0.800. The van der Waals surface area contributed by atoms with E-state index in [4.69, 9.17) is 5.11 Å². The summed E-state index contributed by atoms with van der Waals surface area (Å²) < 4.78 is 0. The Morgan fingerprint density at radius 2 is 2.07 bits per heavy atom. The third-order valence-electron chi connectivity index (χ3n) is 2.68. The van der Waals surface area contributed by atoms with Crippen LogP contribution in [-0.4, -0.2) is 41.1 Å². The highest BCUT2D eigenvalue weighted by Crippen LogP contribution is 2.28. The molecule has 0 aromatic rings. The minimum Gasteiger partial charge on any atom is -0.480 e. The molecule has 2 amide bonds. The number of aliphatic carboxylic acids is 1. The molecule has 0 bridgehead atoms. The molecule has 0 aliphatic carbocycles. The van der Waals surface area contributed by atoms with Gasteiger partial charge in [0.05, 0.1) is 0 Å². The van der Waals surface area contributed by atoms with Crippen LogP contribution in [0, 0.1) is 5.41 Å². The molecule has 15 heavy (non-hydrogen) atoms. The van der Waals surface area contributed by atoms with Crippen molar-refractivity contribution in [2.45, 2.75) is 33.2 Å². The molecule has 0 radical (unpaired) electrons. The highest BCUT2D eigenvalue weighted by molar-refractivity contribution is 5.82. The summed E-state index contributed by atoms with van der Waals surface area (Å²) in [6, 6.07) is -1.11. The van der Waals surface area contributed by atoms with Crippen LogP contribution in [-0.2, 0) is 4.79 Å². The molecule has 0 aromatic carbocycles. The zero-order chi connectivity index (χ0) is 11.6. The molecule has 1 aliphatic heterocycles. The number of carbonyl (C=O) groups excluding carboxylic acids is 1. The van der Waals surface area contributed by atoms with Gasteiger partial charge in [-0.25, -0.2) is 4.79 Å². The molecule has 0 unspecified atom stereocenters. The minimum absolute atomic E-state index is 0.143. The van der Waals surface area contributed by atoms with Gasteiger partial charge in [-0.15, -0.1) is 0 Å². The maximum atomic E-state index is 11.6. The molecule has 2 N–H and O–H groups in total. The molecule has 86 valence electrons. The summed E-state index contributed by atoms with van der Waals surface area (Å²) in [7, 11) is 0. The van der Waals surface area contributed by atoms with Crippen molar-refractivity contribution in [3.8, 4) is 0 Å². The lowest BCUT2D eigenvalue weighted by atomic mass is 9.93. The van der Waals surface area contributed by atoms with E-state index in [1.54, 1.807) is 4.90 Å². The Hall–Kier alpha value is -1.26. The van der Waals surface area contributed by atoms with Crippen molar-refractivity contribution >= 4 is 12.0 Å². The number of carbonyl (C=O) groups is 2. The molecule has 0 spiro atoms. The van der Waals surface area contributed by atoms with Gasteiger partial charge >= 0.3 is 12.0 Å². The van der Waals surface area contributed by atoms with Gasteiger partial charge in [0.2, 0.25) is 0 Å². The van der Waals surface area contributed by atoms with Gasteiger partial charge in [-0.2, -0.15) is 0 Å². The number of nitrogens with zero attached hydrogens (tertiary/aromatic N) is 1. The summed E-state index contributed by atoms with van der Waals surface area (Å²) in [4.78, 5) is 23.8. The van der Waals surface area contributed by atoms with Crippen molar-refractivity contribution < 1.29 is 14.7 Å². The summed E-state index contributed by atoms with van der Waals surface area (Å²) in [6.45, 7) is 7.04. The van der Waals surface area contributed by atoms with Crippen molar-refractivity contribution in [3.05, 3.63) is 0 Å². The lowest BCUT2D eigenvalue weighted by Gasteiger charge is -2.21. The number of hydrogen-bond acceptors (Lipinski definition) is 2. The monoisotopic (exact) mass is 214 g/mol. The van der Waals surface area contributed by atoms with E-state index in [9.17, 15) is 9.59 Å². The van der Waals surface area contributed by atoms with Crippen LogP contribution in [0.2, 0.25) is 0 Å². The van der Waals surface area contributed by atoms with Crippen LogP contribution in [0.4, 0.5) is 4.79 Å². The van der Waals surface area contributed by atoms with E-state index >= 15 is 0 Å². The average Bonchev–Trinajstić information content (AvgIpc) is 2.45. The van der Waals surface area contributed by atoms with Gasteiger partial charge in [0, 0.05) is 13.1 Å². The number of carboxylic acids is 1. The predicted octanol–water partition coefficient (Wildman–Crippen LogP) is 0.901. The molecular weight excluding hydrogens is 196 g/mol. The molecule has 0 aromatic heterocycles. The van der Waals surface area contributed by atoms with Crippen LogP contribution in [0.25, 0.3) is 0 Å². The van der Waals surface area contributed by atoms with Crippen LogP contribution in [0.1, 0.15) is 27.2 Å². The topological polar surface area (TPSA) is 69.6 Å². The van der Waals surface area contributed by atoms with E-state index in [2.05, 4.69) is 19.2 Å². The Bertz CT molecular complexity index is 276. The number of urea groups is 1. The molecule has 1 aliphatic rings. The molecular formula is C10H18N2O3. The Morgan fingerprint density at radius 3 is 2.47 bits per heavy atom. The van der Waals surface area contributed by atoms with E-state index < -0.39 is 12.0 Å². The van der Waals surface area contributed by atoms with E-state index in [-0.39, 0.29) is 11.4 Å². The molecule has 1 saturated heterocycles. The molecule has 1 atom stereocenters. The lowest BCUT2D eigenvalue weighted by molar-refractivity contribution is -0.138. The number of hydrogen-bond donors (Lipinski definition) is 2. The van der Waals surface area contributed by atoms with Crippen LogP contribution < -0.4 is 5.32 Å². The van der Waals surface area contributed by atoms with E-state index in [0.717, 1.165) is 6.42 Å². The smallest absolute Gasteiger partial charge is 0.325 e. The molecule has 1 fully saturated rings. The van der Waals surface area contributed by atoms with Crippen LogP contribution >= 0.6 is 0 Å². The maximum Gasteiger partial charge on any atom is 0.325 e. The van der Waals surface area contributed by atoms with Gasteiger partial charge in [-0.05, 0) is 18.8 Å². The maximum absolute atomic E-state index is 11.6. The quantitative estimate of drug-likeness (QED) is 0.717. The second kappa shape index (κ2) is 4.08. The number of nitrogens with one attached hydrogen (secondary N) is 1. The first-order valence-corrected chi connectivity index (χ1v) is 5.10. The predicted molar refractivity (Wildman–Crippen MR) is 55.6 cm³/mol. The second-order valence-corrected chi connectivity index (χ2v) is 4.85. The zero-order valence-corrected chi connectivity index (χ0v) is 9.41. The molecule has 1 rings (SSSR count). The van der Waals surface area contributed by atoms with Crippen molar-refractivity contribution in [2.24, 2.45) is 5.41 Å². The van der Waals surface area contributed by atoms with Crippen LogP contribution in [0.3, 0.4) is 0 Å². The average molecular weight is 214 g/mol. The second-order valence-electron chi connectivity index (χ2n) is 4.85. The van der Waals surface area contributed by atoms with Crippen molar-refractivity contribution in [1.29, 1.82) is 0 Å². The van der Waals surface area contributed by atoms with Gasteiger partial charge in [-0.1, -0.05) is 13.8 Å². The Labute approximate surface area is 89.4 Å². The van der Waals surface area contributed by atoms with Gasteiger partial charge < -0.3 is 15.3 Å². The molecule has 5 nitrogen and oxygen atoms in total. The third kappa shape index (κ3) is 3.11. The van der Waals surface area contributed by atoms with Crippen molar-refractivity contribution in [2.75, 3.05) is 13.1 Å². The highest BCUT2D eigenvalue weighted by Gasteiger charge is 2.32. The molecule has 0 saturated carbocycles. The standard InChI is InChI=1S/C10H18N2O3/c1-7(8(13)14)11-9(15)12-5-4-10(2,3)6-12/h7H,4-6H2,1-3H3,(H,11,15)(H,13,14)/t7-/m0/s1. The van der Waals surface area contributed by atoms with E-state index in [1.807, 2.05) is 0 Å². The van der Waals surface area contributed by atoms with Gasteiger partial charge in [0.15, 0.2) is 0 Å². The zero-order valence-electron chi connectivity index (χ0n) is 9.41. The summed E-state index contributed by atoms with van der Waals surface area (Å²) in [5, 5.41) is 11.1. The van der Waals surface area contributed by atoms with Gasteiger partial charge in [0.25, 0.3) is 0 Å². The minimum atomic E-state index is -1.01. The third-order valence-corrected chi connectivity index (χ3v) is 2.68. The van der Waals surface area contributed by atoms with E-state index in [1.165, 1.54) is 6.92 Å². The number of amides is 2. The van der Waals surface area contributed by atoms with Gasteiger partial charge in [0.1, 0.15) is 6.04 Å². The summed E-state index contributed by atoms with van der Waals surface area (Å²) >= 11 is 0. The van der Waals surface area contributed by atoms with Crippen molar-refractivity contribution in [1.82, 2.24) is 10.2 Å². The Kier molecular flexibility index (Phi) is 3.21. The lowest BCUT2D eigenvalue weighted by Crippen LogP contribution is -2.46. The normalized spacial score (nSPS) is 21.1. The fourth-order valence-corrected chi connectivity index (χ4v) is 1.62. The first-order valence-electron chi connectivity index (χ1n) is 5.10. The Morgan fingerprint density at radius 1 is 1.47 bits per heavy atom. The number of carboxylic acid groups (broad SMARTS) is 1. The van der Waals surface area contributed by atoms with Crippen LogP contribution in [0.5, 0.6) is 0 Å². The summed E-state index contributed by atoms with van der Waals surface area (Å²) in [6.07, 6.45) is 0.960. The number of likely N-dealkylation sites (tertiary alicyclic amines) is 1. The first-order chi connectivity index (χ1) is 6.82. The van der Waals surface area contributed by atoms with E-state index in [0.29, 0.717) is 13.1 Å². The first kappa shape index (κ1) is 11.8. The molecule has 5 heteroatoms. The Balaban J connectivity index is 2.46. The number of rotatable bonds is 2. The SMILES string of the molecule is C[C@H](NC(=O)N1CCC(C)(C)C1)C(=O)O. The summed E-state index contributed by atoms with van der Waals surface area (Å²) in [5.74, 6) is -1.01. The van der Waals surface area contributed by atoms with Gasteiger partial charge in [-0.3, -0.25) is 4.79 Å². The fourth-order valence-electron chi connectivity index (χ4n) is 1.62.